The molecule has 2 aliphatic rings. The van der Waals surface area contributed by atoms with Crippen LogP contribution < -0.4 is 24.7 Å². The van der Waals surface area contributed by atoms with Gasteiger partial charge in [-0.25, -0.2) is 0 Å². The van der Waals surface area contributed by atoms with Crippen molar-refractivity contribution in [3.05, 3.63) is 93.3 Å². The quantitative estimate of drug-likeness (QED) is 0.571. The molecule has 0 saturated carbocycles. The number of benzene rings is 3. The van der Waals surface area contributed by atoms with Gasteiger partial charge in [-0.2, -0.15) is 5.26 Å². The molecule has 0 fully saturated rings. The smallest absolute Gasteiger partial charge is 0.231 e. The van der Waals surface area contributed by atoms with Gasteiger partial charge in [0.1, 0.15) is 29.7 Å². The average Bonchev–Trinajstić information content (AvgIpc) is 3.24. The van der Waals surface area contributed by atoms with Crippen molar-refractivity contribution in [3.8, 4) is 29.1 Å². The SMILES string of the molecule is N#CC1=C(N)Oc2cc3c(cc2[C@H]1c1ccc(OCc2ccc(Br)cc2)cc1)OCO3. The van der Waals surface area contributed by atoms with E-state index >= 15 is 0 Å². The molecule has 2 N–H and O–H groups in total. The van der Waals surface area contributed by atoms with Gasteiger partial charge in [0.2, 0.25) is 12.7 Å². The highest BCUT2D eigenvalue weighted by Crippen LogP contribution is 2.47. The average molecular weight is 477 g/mol. The molecule has 0 saturated heterocycles. The second-order valence-electron chi connectivity index (χ2n) is 7.15. The summed E-state index contributed by atoms with van der Waals surface area (Å²) in [4.78, 5) is 0. The summed E-state index contributed by atoms with van der Waals surface area (Å²) in [5.74, 6) is 2.24. The minimum Gasteiger partial charge on any atom is -0.489 e. The Bertz CT molecular complexity index is 1210. The molecule has 0 spiro atoms. The molecule has 3 aromatic carbocycles. The van der Waals surface area contributed by atoms with Gasteiger partial charge in [0, 0.05) is 16.1 Å². The van der Waals surface area contributed by atoms with E-state index in [0.717, 1.165) is 26.9 Å². The number of hydrogen-bond donors (Lipinski definition) is 1. The molecule has 0 bridgehead atoms. The summed E-state index contributed by atoms with van der Waals surface area (Å²) in [7, 11) is 0. The number of halogens is 1. The summed E-state index contributed by atoms with van der Waals surface area (Å²) >= 11 is 3.43. The van der Waals surface area contributed by atoms with Crippen LogP contribution in [0.2, 0.25) is 0 Å². The van der Waals surface area contributed by atoms with Crippen LogP contribution in [0.25, 0.3) is 0 Å². The van der Waals surface area contributed by atoms with Crippen molar-refractivity contribution in [2.45, 2.75) is 12.5 Å². The normalized spacial score (nSPS) is 16.3. The lowest BCUT2D eigenvalue weighted by Gasteiger charge is -2.26. The molecule has 0 amide bonds. The lowest BCUT2D eigenvalue weighted by Crippen LogP contribution is -2.21. The number of nitrogens with two attached hydrogens (primary N) is 1. The zero-order valence-corrected chi connectivity index (χ0v) is 17.9. The second-order valence-corrected chi connectivity index (χ2v) is 8.07. The molecular formula is C24H17BrN2O4. The zero-order chi connectivity index (χ0) is 21.4. The fourth-order valence-electron chi connectivity index (χ4n) is 3.69. The van der Waals surface area contributed by atoms with Gasteiger partial charge in [0.05, 0.1) is 5.92 Å². The van der Waals surface area contributed by atoms with Gasteiger partial charge in [-0.3, -0.25) is 0 Å². The summed E-state index contributed by atoms with van der Waals surface area (Å²) in [6.07, 6.45) is 0. The van der Waals surface area contributed by atoms with Crippen LogP contribution in [0.15, 0.2) is 76.6 Å². The number of allylic oxidation sites excluding steroid dienone is 1. The number of ether oxygens (including phenoxy) is 4. The van der Waals surface area contributed by atoms with E-state index in [1.54, 1.807) is 6.07 Å². The summed E-state index contributed by atoms with van der Waals surface area (Å²) in [6.45, 7) is 0.619. The molecular weight excluding hydrogens is 460 g/mol. The van der Waals surface area contributed by atoms with E-state index < -0.39 is 0 Å². The highest BCUT2D eigenvalue weighted by Gasteiger charge is 2.33. The highest BCUT2D eigenvalue weighted by molar-refractivity contribution is 9.10. The second kappa shape index (κ2) is 7.89. The number of fused-ring (bicyclic) bond motifs is 2. The summed E-state index contributed by atoms with van der Waals surface area (Å²) in [5.41, 5.74) is 9.20. The minimum absolute atomic E-state index is 0.0921. The molecule has 7 heteroatoms. The molecule has 6 nitrogen and oxygen atoms in total. The molecule has 0 radical (unpaired) electrons. The number of rotatable bonds is 4. The van der Waals surface area contributed by atoms with Crippen LogP contribution in [0.1, 0.15) is 22.6 Å². The third-order valence-corrected chi connectivity index (χ3v) is 5.77. The van der Waals surface area contributed by atoms with Crippen LogP contribution in [0.4, 0.5) is 0 Å². The Morgan fingerprint density at radius 3 is 2.42 bits per heavy atom. The van der Waals surface area contributed by atoms with Crippen molar-refractivity contribution < 1.29 is 18.9 Å². The first-order valence-corrected chi connectivity index (χ1v) is 10.4. The van der Waals surface area contributed by atoms with Gasteiger partial charge in [-0.15, -0.1) is 0 Å². The predicted molar refractivity (Wildman–Crippen MR) is 117 cm³/mol. The molecule has 2 aliphatic heterocycles. The molecule has 31 heavy (non-hydrogen) atoms. The fourth-order valence-corrected chi connectivity index (χ4v) is 3.96. The van der Waals surface area contributed by atoms with Crippen LogP contribution in [-0.4, -0.2) is 6.79 Å². The fraction of sp³-hybridized carbons (Fsp3) is 0.125. The maximum Gasteiger partial charge on any atom is 0.231 e. The standard InChI is InChI=1S/C24H17BrN2O4/c25-16-5-1-14(2-6-16)12-28-17-7-3-15(4-8-17)23-18-9-21-22(30-13-29-21)10-20(18)31-24(27)19(23)11-26/h1-10,23H,12-13,27H2/t23-/m1/s1. The van der Waals surface area contributed by atoms with E-state index in [-0.39, 0.29) is 18.6 Å². The van der Waals surface area contributed by atoms with Crippen molar-refractivity contribution in [1.29, 1.82) is 5.26 Å². The van der Waals surface area contributed by atoms with Crippen molar-refractivity contribution in [3.63, 3.8) is 0 Å². The first-order valence-electron chi connectivity index (χ1n) is 9.60. The highest BCUT2D eigenvalue weighted by atomic mass is 79.9. The molecule has 154 valence electrons. The molecule has 0 unspecified atom stereocenters. The summed E-state index contributed by atoms with van der Waals surface area (Å²) in [5, 5.41) is 9.74. The van der Waals surface area contributed by atoms with E-state index in [1.807, 2.05) is 54.6 Å². The lowest BCUT2D eigenvalue weighted by atomic mass is 9.83. The first-order chi connectivity index (χ1) is 15.1. The van der Waals surface area contributed by atoms with Crippen LogP contribution in [0.5, 0.6) is 23.0 Å². The van der Waals surface area contributed by atoms with Gasteiger partial charge in [0.15, 0.2) is 11.5 Å². The third kappa shape index (κ3) is 3.66. The molecule has 0 aromatic heterocycles. The number of nitrogens with zero attached hydrogens (tertiary/aromatic N) is 1. The Balaban J connectivity index is 1.43. The van der Waals surface area contributed by atoms with Crippen molar-refractivity contribution in [1.82, 2.24) is 0 Å². The Morgan fingerprint density at radius 1 is 1.00 bits per heavy atom. The topological polar surface area (TPSA) is 86.7 Å². The van der Waals surface area contributed by atoms with E-state index in [0.29, 0.717) is 29.4 Å². The van der Waals surface area contributed by atoms with Crippen LogP contribution >= 0.6 is 15.9 Å². The number of hydrogen-bond acceptors (Lipinski definition) is 6. The van der Waals surface area contributed by atoms with E-state index in [4.69, 9.17) is 24.7 Å². The molecule has 5 rings (SSSR count). The van der Waals surface area contributed by atoms with E-state index in [9.17, 15) is 5.26 Å². The Hall–Kier alpha value is -3.63. The monoisotopic (exact) mass is 476 g/mol. The first kappa shape index (κ1) is 19.3. The van der Waals surface area contributed by atoms with Crippen LogP contribution in [-0.2, 0) is 6.61 Å². The lowest BCUT2D eigenvalue weighted by molar-refractivity contribution is 0.174. The van der Waals surface area contributed by atoms with Gasteiger partial charge < -0.3 is 24.7 Å². The Kier molecular flexibility index (Phi) is 4.92. The maximum atomic E-state index is 9.74. The maximum absolute atomic E-state index is 9.74. The van der Waals surface area contributed by atoms with Crippen LogP contribution in [0.3, 0.4) is 0 Å². The third-order valence-electron chi connectivity index (χ3n) is 5.24. The Labute approximate surface area is 187 Å². The van der Waals surface area contributed by atoms with Crippen molar-refractivity contribution >= 4 is 15.9 Å². The largest absolute Gasteiger partial charge is 0.489 e. The van der Waals surface area contributed by atoms with Gasteiger partial charge in [-0.05, 0) is 41.5 Å². The minimum atomic E-state index is -0.372. The molecule has 1 atom stereocenters. The van der Waals surface area contributed by atoms with Crippen molar-refractivity contribution in [2.24, 2.45) is 5.73 Å². The zero-order valence-electron chi connectivity index (χ0n) is 16.3. The summed E-state index contributed by atoms with van der Waals surface area (Å²) < 4.78 is 23.6. The van der Waals surface area contributed by atoms with Gasteiger partial charge in [0.25, 0.3) is 0 Å². The van der Waals surface area contributed by atoms with Crippen LogP contribution in [0, 0.1) is 11.3 Å². The van der Waals surface area contributed by atoms with E-state index in [2.05, 4.69) is 22.0 Å². The molecule has 3 aromatic rings. The summed E-state index contributed by atoms with van der Waals surface area (Å²) in [6, 6.07) is 21.4. The molecule has 0 aliphatic carbocycles. The number of nitriles is 1. The predicted octanol–water partition coefficient (Wildman–Crippen LogP) is 4.97. The van der Waals surface area contributed by atoms with Gasteiger partial charge >= 0.3 is 0 Å². The van der Waals surface area contributed by atoms with Crippen molar-refractivity contribution in [2.75, 3.05) is 6.79 Å². The van der Waals surface area contributed by atoms with E-state index in [1.165, 1.54) is 0 Å². The Morgan fingerprint density at radius 2 is 1.71 bits per heavy atom. The molecule has 2 heterocycles. The van der Waals surface area contributed by atoms with Gasteiger partial charge in [-0.1, -0.05) is 40.2 Å².